The summed E-state index contributed by atoms with van der Waals surface area (Å²) >= 11 is 0. The molecule has 0 N–H and O–H groups in total. The predicted octanol–water partition coefficient (Wildman–Crippen LogP) is 4.34. The van der Waals surface area contributed by atoms with Crippen molar-refractivity contribution in [3.8, 4) is 0 Å². The minimum Gasteiger partial charge on any atom is -0.499 e. The molecule has 0 spiro atoms. The molecule has 0 aliphatic carbocycles. The van der Waals surface area contributed by atoms with E-state index in [-0.39, 0.29) is 0 Å². The molecule has 0 aliphatic heterocycles. The molecule has 0 amide bonds. The Kier molecular flexibility index (Phi) is 18.0. The number of hydrogen-bond acceptors (Lipinski definition) is 4. The van der Waals surface area contributed by atoms with Gasteiger partial charge in [-0.3, -0.25) is 0 Å². The molecule has 132 valence electrons. The van der Waals surface area contributed by atoms with Crippen molar-refractivity contribution in [3.05, 3.63) is 11.8 Å². The molecule has 0 aliphatic rings. The maximum atomic E-state index is 5.52. The summed E-state index contributed by atoms with van der Waals surface area (Å²) < 4.78 is 21.8. The quantitative estimate of drug-likeness (QED) is 0.295. The van der Waals surface area contributed by atoms with E-state index in [1.165, 1.54) is 24.8 Å². The first-order chi connectivity index (χ1) is 10.8. The van der Waals surface area contributed by atoms with Gasteiger partial charge in [-0.1, -0.05) is 33.6 Å². The maximum absolute atomic E-state index is 5.52. The van der Waals surface area contributed by atoms with E-state index in [0.29, 0.717) is 39.6 Å². The summed E-state index contributed by atoms with van der Waals surface area (Å²) in [5.41, 5.74) is 1.38. The summed E-state index contributed by atoms with van der Waals surface area (Å²) in [5, 5.41) is 0. The van der Waals surface area contributed by atoms with Crippen molar-refractivity contribution in [3.63, 3.8) is 0 Å². The van der Waals surface area contributed by atoms with Crippen molar-refractivity contribution in [2.24, 2.45) is 0 Å². The molecular formula is C18H36O4. The lowest BCUT2D eigenvalue weighted by molar-refractivity contribution is 0.00606. The van der Waals surface area contributed by atoms with Crippen LogP contribution in [0, 0.1) is 0 Å². The Morgan fingerprint density at radius 2 is 1.23 bits per heavy atom. The van der Waals surface area contributed by atoms with Gasteiger partial charge in [0.1, 0.15) is 6.61 Å². The minimum atomic E-state index is 0.607. The van der Waals surface area contributed by atoms with Gasteiger partial charge in [0.2, 0.25) is 0 Å². The summed E-state index contributed by atoms with van der Waals surface area (Å²) in [6, 6.07) is 0. The maximum Gasteiger partial charge on any atom is 0.111 e. The van der Waals surface area contributed by atoms with Crippen molar-refractivity contribution in [1.82, 2.24) is 0 Å². The second-order valence-electron chi connectivity index (χ2n) is 5.29. The second kappa shape index (κ2) is 18.5. The fraction of sp³-hybridized carbons (Fsp3) is 0.889. The van der Waals surface area contributed by atoms with Gasteiger partial charge in [-0.2, -0.15) is 0 Å². The topological polar surface area (TPSA) is 36.9 Å². The first kappa shape index (κ1) is 21.4. The summed E-state index contributed by atoms with van der Waals surface area (Å²) in [7, 11) is 0. The van der Waals surface area contributed by atoms with E-state index in [2.05, 4.69) is 20.8 Å². The second-order valence-corrected chi connectivity index (χ2v) is 5.29. The SMILES string of the molecule is CCCCOCCOCCOCCO/C=C(\CC)CCCC. The van der Waals surface area contributed by atoms with Crippen molar-refractivity contribution < 1.29 is 18.9 Å². The molecule has 4 nitrogen and oxygen atoms in total. The average molecular weight is 316 g/mol. The normalized spacial score (nSPS) is 11.9. The zero-order valence-electron chi connectivity index (χ0n) is 14.9. The Bertz CT molecular complexity index is 241. The fourth-order valence-corrected chi connectivity index (χ4v) is 1.79. The highest BCUT2D eigenvalue weighted by atomic mass is 16.6. The highest BCUT2D eigenvalue weighted by Crippen LogP contribution is 2.10. The van der Waals surface area contributed by atoms with Gasteiger partial charge in [-0.25, -0.2) is 0 Å². The lowest BCUT2D eigenvalue weighted by Crippen LogP contribution is -2.11. The largest absolute Gasteiger partial charge is 0.499 e. The number of ether oxygens (including phenoxy) is 4. The molecule has 0 bridgehead atoms. The molecule has 0 atom stereocenters. The zero-order valence-corrected chi connectivity index (χ0v) is 14.9. The van der Waals surface area contributed by atoms with Gasteiger partial charge in [0.15, 0.2) is 0 Å². The van der Waals surface area contributed by atoms with Crippen LogP contribution < -0.4 is 0 Å². The average Bonchev–Trinajstić information content (AvgIpc) is 2.54. The van der Waals surface area contributed by atoms with Crippen LogP contribution in [0.1, 0.15) is 59.3 Å². The number of unbranched alkanes of at least 4 members (excludes halogenated alkanes) is 2. The van der Waals surface area contributed by atoms with E-state index in [4.69, 9.17) is 18.9 Å². The van der Waals surface area contributed by atoms with Crippen LogP contribution in [0.15, 0.2) is 11.8 Å². The van der Waals surface area contributed by atoms with E-state index in [1.54, 1.807) is 0 Å². The number of allylic oxidation sites excluding steroid dienone is 1. The van der Waals surface area contributed by atoms with Gasteiger partial charge < -0.3 is 18.9 Å². The summed E-state index contributed by atoms with van der Waals surface area (Å²) in [6.45, 7) is 11.1. The fourth-order valence-electron chi connectivity index (χ4n) is 1.79. The molecule has 0 aromatic rings. The number of rotatable bonds is 17. The molecule has 0 rings (SSSR count). The zero-order chi connectivity index (χ0) is 16.3. The van der Waals surface area contributed by atoms with Gasteiger partial charge in [0.25, 0.3) is 0 Å². The molecule has 22 heavy (non-hydrogen) atoms. The van der Waals surface area contributed by atoms with E-state index < -0.39 is 0 Å². The van der Waals surface area contributed by atoms with Crippen LogP contribution in [0.3, 0.4) is 0 Å². The van der Waals surface area contributed by atoms with E-state index in [9.17, 15) is 0 Å². The predicted molar refractivity (Wildman–Crippen MR) is 91.2 cm³/mol. The number of hydrogen-bond donors (Lipinski definition) is 0. The van der Waals surface area contributed by atoms with Gasteiger partial charge in [-0.15, -0.1) is 0 Å². The molecule has 0 fully saturated rings. The molecular weight excluding hydrogens is 280 g/mol. The van der Waals surface area contributed by atoms with Crippen molar-refractivity contribution >= 4 is 0 Å². The van der Waals surface area contributed by atoms with Gasteiger partial charge >= 0.3 is 0 Å². The highest BCUT2D eigenvalue weighted by molar-refractivity contribution is 4.96. The monoisotopic (exact) mass is 316 g/mol. The minimum absolute atomic E-state index is 0.607. The van der Waals surface area contributed by atoms with E-state index in [0.717, 1.165) is 25.9 Å². The summed E-state index contributed by atoms with van der Waals surface area (Å²) in [6.07, 6.45) is 8.86. The van der Waals surface area contributed by atoms with Crippen LogP contribution in [-0.4, -0.2) is 46.2 Å². The Labute approximate surface area is 137 Å². The lowest BCUT2D eigenvalue weighted by atomic mass is 10.1. The van der Waals surface area contributed by atoms with Crippen molar-refractivity contribution in [2.45, 2.75) is 59.3 Å². The van der Waals surface area contributed by atoms with Gasteiger partial charge in [-0.05, 0) is 31.3 Å². The van der Waals surface area contributed by atoms with Gasteiger partial charge in [0.05, 0.1) is 39.3 Å². The Morgan fingerprint density at radius 3 is 1.77 bits per heavy atom. The highest BCUT2D eigenvalue weighted by Gasteiger charge is 1.95. The Hall–Kier alpha value is -0.580. The molecule has 0 saturated carbocycles. The van der Waals surface area contributed by atoms with Crippen LogP contribution in [0.2, 0.25) is 0 Å². The lowest BCUT2D eigenvalue weighted by Gasteiger charge is -2.08. The molecule has 0 radical (unpaired) electrons. The van der Waals surface area contributed by atoms with Crippen LogP contribution in [0.25, 0.3) is 0 Å². The standard InChI is InChI=1S/C18H36O4/c1-4-7-9-18(6-3)17-22-16-15-21-14-13-20-12-11-19-10-8-5-2/h17H,4-16H2,1-3H3/b18-17+. The smallest absolute Gasteiger partial charge is 0.111 e. The van der Waals surface area contributed by atoms with E-state index >= 15 is 0 Å². The van der Waals surface area contributed by atoms with Crippen LogP contribution >= 0.6 is 0 Å². The summed E-state index contributed by atoms with van der Waals surface area (Å²) in [5.74, 6) is 0. The Balaban J connectivity index is 3.24. The molecule has 0 aromatic heterocycles. The van der Waals surface area contributed by atoms with Crippen LogP contribution in [-0.2, 0) is 18.9 Å². The first-order valence-corrected chi connectivity index (χ1v) is 8.87. The van der Waals surface area contributed by atoms with Gasteiger partial charge in [0, 0.05) is 6.61 Å². The molecule has 0 heterocycles. The molecule has 0 aromatic carbocycles. The van der Waals surface area contributed by atoms with Crippen LogP contribution in [0.4, 0.5) is 0 Å². The molecule has 4 heteroatoms. The van der Waals surface area contributed by atoms with Crippen molar-refractivity contribution in [1.29, 1.82) is 0 Å². The summed E-state index contributed by atoms with van der Waals surface area (Å²) in [4.78, 5) is 0. The third kappa shape index (κ3) is 15.8. The third-order valence-corrected chi connectivity index (χ3v) is 3.29. The first-order valence-electron chi connectivity index (χ1n) is 8.87. The Morgan fingerprint density at radius 1 is 0.682 bits per heavy atom. The van der Waals surface area contributed by atoms with Crippen molar-refractivity contribution in [2.75, 3.05) is 46.2 Å². The third-order valence-electron chi connectivity index (χ3n) is 3.29. The van der Waals surface area contributed by atoms with E-state index in [1.807, 2.05) is 6.26 Å². The molecule has 0 saturated heterocycles. The van der Waals surface area contributed by atoms with Crippen LogP contribution in [0.5, 0.6) is 0 Å². The molecule has 0 unspecified atom stereocenters.